The zero-order valence-corrected chi connectivity index (χ0v) is 12.0. The first-order chi connectivity index (χ1) is 8.44. The van der Waals surface area contributed by atoms with Gasteiger partial charge >= 0.3 is 0 Å². The minimum Gasteiger partial charge on any atom is -0.354 e. The van der Waals surface area contributed by atoms with Crippen LogP contribution in [0.25, 0.3) is 0 Å². The van der Waals surface area contributed by atoms with Gasteiger partial charge in [0.2, 0.25) is 0 Å². The van der Waals surface area contributed by atoms with Gasteiger partial charge in [0.1, 0.15) is 0 Å². The highest BCUT2D eigenvalue weighted by Crippen LogP contribution is 2.32. The Kier molecular flexibility index (Phi) is 3.57. The molecule has 4 heteroatoms. The number of nitrogens with two attached hydrogens (primary N) is 1. The van der Waals surface area contributed by atoms with Crippen molar-refractivity contribution in [1.82, 2.24) is 10.2 Å². The van der Waals surface area contributed by atoms with E-state index < -0.39 is 0 Å². The van der Waals surface area contributed by atoms with E-state index in [-0.39, 0.29) is 0 Å². The number of aryl methyl sites for hydroxylation is 1. The molecular formula is C14H24N4. The van der Waals surface area contributed by atoms with Crippen molar-refractivity contribution in [3.05, 3.63) is 16.8 Å². The van der Waals surface area contributed by atoms with E-state index in [2.05, 4.69) is 35.9 Å². The smallest absolute Gasteiger partial charge is 0.156 e. The topological polar surface area (TPSA) is 55.0 Å². The maximum atomic E-state index is 5.90. The summed E-state index contributed by atoms with van der Waals surface area (Å²) in [6.07, 6.45) is 2.49. The van der Waals surface area contributed by atoms with Gasteiger partial charge in [0.25, 0.3) is 0 Å². The first-order valence-electron chi connectivity index (χ1n) is 6.72. The second kappa shape index (κ2) is 4.84. The number of piperidine rings is 1. The fraction of sp³-hybridized carbons (Fsp3) is 0.714. The normalized spacial score (nSPS) is 19.1. The lowest BCUT2D eigenvalue weighted by Gasteiger charge is -2.39. The largest absolute Gasteiger partial charge is 0.354 e. The third-order valence-corrected chi connectivity index (χ3v) is 3.96. The molecule has 2 N–H and O–H groups in total. The molecule has 0 spiro atoms. The van der Waals surface area contributed by atoms with Gasteiger partial charge in [-0.25, -0.2) is 0 Å². The summed E-state index contributed by atoms with van der Waals surface area (Å²) in [7, 11) is 0. The lowest BCUT2D eigenvalue weighted by Crippen LogP contribution is -2.41. The molecule has 1 aliphatic rings. The van der Waals surface area contributed by atoms with Crippen LogP contribution in [0.4, 0.5) is 5.82 Å². The fourth-order valence-electron chi connectivity index (χ4n) is 2.75. The van der Waals surface area contributed by atoms with Crippen molar-refractivity contribution in [1.29, 1.82) is 0 Å². The molecule has 1 aromatic rings. The molecule has 4 nitrogen and oxygen atoms in total. The molecule has 1 saturated heterocycles. The van der Waals surface area contributed by atoms with Crippen LogP contribution in [0.3, 0.4) is 0 Å². The van der Waals surface area contributed by atoms with E-state index in [1.54, 1.807) is 0 Å². The van der Waals surface area contributed by atoms with E-state index in [9.17, 15) is 0 Å². The molecule has 2 heterocycles. The van der Waals surface area contributed by atoms with Crippen LogP contribution in [-0.4, -0.2) is 23.3 Å². The van der Waals surface area contributed by atoms with Crippen LogP contribution in [0.5, 0.6) is 0 Å². The number of rotatable bonds is 2. The molecule has 0 aromatic carbocycles. The molecular weight excluding hydrogens is 224 g/mol. The Morgan fingerprint density at radius 2 is 2.00 bits per heavy atom. The van der Waals surface area contributed by atoms with Gasteiger partial charge in [-0.15, -0.1) is 5.10 Å². The number of hydrogen-bond acceptors (Lipinski definition) is 4. The van der Waals surface area contributed by atoms with Crippen molar-refractivity contribution in [3.63, 3.8) is 0 Å². The molecule has 18 heavy (non-hydrogen) atoms. The average Bonchev–Trinajstić information content (AvgIpc) is 2.31. The van der Waals surface area contributed by atoms with Crippen LogP contribution in [0.15, 0.2) is 0 Å². The van der Waals surface area contributed by atoms with Crippen LogP contribution in [-0.2, 0) is 6.54 Å². The van der Waals surface area contributed by atoms with Gasteiger partial charge in [0, 0.05) is 25.2 Å². The molecule has 0 saturated carbocycles. The molecule has 0 atom stereocenters. The van der Waals surface area contributed by atoms with Gasteiger partial charge in [0.15, 0.2) is 5.82 Å². The van der Waals surface area contributed by atoms with Crippen molar-refractivity contribution in [3.8, 4) is 0 Å². The van der Waals surface area contributed by atoms with Crippen LogP contribution in [0.2, 0.25) is 0 Å². The lowest BCUT2D eigenvalue weighted by molar-refractivity contribution is 0.291. The molecule has 1 aliphatic heterocycles. The van der Waals surface area contributed by atoms with Crippen molar-refractivity contribution in [2.45, 2.75) is 47.1 Å². The molecule has 0 bridgehead atoms. The molecule has 0 unspecified atom stereocenters. The Balaban J connectivity index is 2.36. The van der Waals surface area contributed by atoms with Gasteiger partial charge in [-0.1, -0.05) is 13.8 Å². The number of anilines is 1. The maximum absolute atomic E-state index is 5.90. The van der Waals surface area contributed by atoms with Gasteiger partial charge in [-0.05, 0) is 37.7 Å². The predicted octanol–water partition coefficient (Wildman–Crippen LogP) is 2.18. The summed E-state index contributed by atoms with van der Waals surface area (Å²) in [5.74, 6) is 0.994. The Hall–Kier alpha value is -1.16. The van der Waals surface area contributed by atoms with Crippen LogP contribution < -0.4 is 10.6 Å². The number of aromatic nitrogens is 2. The second-order valence-corrected chi connectivity index (χ2v) is 6.11. The zero-order valence-electron chi connectivity index (χ0n) is 12.0. The van der Waals surface area contributed by atoms with Crippen LogP contribution in [0.1, 0.15) is 43.5 Å². The first-order valence-corrected chi connectivity index (χ1v) is 6.72. The van der Waals surface area contributed by atoms with Crippen molar-refractivity contribution in [2.24, 2.45) is 11.1 Å². The summed E-state index contributed by atoms with van der Waals surface area (Å²) in [6.45, 7) is 11.3. The summed E-state index contributed by atoms with van der Waals surface area (Å²) >= 11 is 0. The average molecular weight is 248 g/mol. The standard InChI is InChI=1S/C14H24N4/c1-10-11(2)16-17-13(12(10)8-15)18-7-5-6-14(3,4)9-18/h5-9,15H2,1-4H3. The SMILES string of the molecule is Cc1nnc(N2CCCC(C)(C)C2)c(CN)c1C. The highest BCUT2D eigenvalue weighted by atomic mass is 15.3. The van der Waals surface area contributed by atoms with Crippen molar-refractivity contribution >= 4 is 5.82 Å². The van der Waals surface area contributed by atoms with Crippen molar-refractivity contribution in [2.75, 3.05) is 18.0 Å². The Labute approximate surface area is 110 Å². The van der Waals surface area contributed by atoms with E-state index in [0.717, 1.165) is 30.2 Å². The monoisotopic (exact) mass is 248 g/mol. The summed E-state index contributed by atoms with van der Waals surface area (Å²) in [5.41, 5.74) is 9.57. The molecule has 0 amide bonds. The quantitative estimate of drug-likeness (QED) is 0.871. The number of hydrogen-bond donors (Lipinski definition) is 1. The summed E-state index contributed by atoms with van der Waals surface area (Å²) in [4.78, 5) is 2.35. The van der Waals surface area contributed by atoms with Crippen molar-refractivity contribution < 1.29 is 0 Å². The fourth-order valence-corrected chi connectivity index (χ4v) is 2.75. The minimum atomic E-state index is 0.352. The van der Waals surface area contributed by atoms with E-state index in [4.69, 9.17) is 5.73 Å². The molecule has 1 fully saturated rings. The van der Waals surface area contributed by atoms with E-state index in [1.807, 2.05) is 6.92 Å². The number of nitrogens with zero attached hydrogens (tertiary/aromatic N) is 3. The summed E-state index contributed by atoms with van der Waals surface area (Å²) in [6, 6.07) is 0. The maximum Gasteiger partial charge on any atom is 0.156 e. The highest BCUT2D eigenvalue weighted by molar-refractivity contribution is 5.51. The lowest BCUT2D eigenvalue weighted by atomic mass is 9.84. The Morgan fingerprint density at radius 1 is 1.28 bits per heavy atom. The van der Waals surface area contributed by atoms with Gasteiger partial charge in [0.05, 0.1) is 5.69 Å². The summed E-state index contributed by atoms with van der Waals surface area (Å²) in [5, 5.41) is 8.66. The van der Waals surface area contributed by atoms with Crippen LogP contribution in [0, 0.1) is 19.3 Å². The summed E-state index contributed by atoms with van der Waals surface area (Å²) < 4.78 is 0. The zero-order chi connectivity index (χ0) is 13.3. The highest BCUT2D eigenvalue weighted by Gasteiger charge is 2.28. The molecule has 2 rings (SSSR count). The van der Waals surface area contributed by atoms with Gasteiger partial charge in [-0.3, -0.25) is 0 Å². The molecule has 0 radical (unpaired) electrons. The third kappa shape index (κ3) is 2.48. The van der Waals surface area contributed by atoms with Crippen LogP contribution >= 0.6 is 0 Å². The molecule has 100 valence electrons. The predicted molar refractivity (Wildman–Crippen MR) is 74.6 cm³/mol. The van der Waals surface area contributed by atoms with E-state index in [1.165, 1.54) is 18.4 Å². The molecule has 1 aromatic heterocycles. The Bertz CT molecular complexity index is 440. The second-order valence-electron chi connectivity index (χ2n) is 6.11. The van der Waals surface area contributed by atoms with E-state index in [0.29, 0.717) is 12.0 Å². The Morgan fingerprint density at radius 3 is 2.61 bits per heavy atom. The minimum absolute atomic E-state index is 0.352. The third-order valence-electron chi connectivity index (χ3n) is 3.96. The van der Waals surface area contributed by atoms with Gasteiger partial charge in [-0.2, -0.15) is 5.10 Å². The van der Waals surface area contributed by atoms with E-state index >= 15 is 0 Å². The first kappa shape index (κ1) is 13.3. The molecule has 0 aliphatic carbocycles. The van der Waals surface area contributed by atoms with Gasteiger partial charge < -0.3 is 10.6 Å².